The maximum Gasteiger partial charge on any atom is 0.161 e. The van der Waals surface area contributed by atoms with Crippen molar-refractivity contribution < 1.29 is 13.9 Å². The van der Waals surface area contributed by atoms with E-state index >= 15 is 4.39 Å². The lowest BCUT2D eigenvalue weighted by atomic mass is 10.1. The van der Waals surface area contributed by atoms with Gasteiger partial charge in [-0.3, -0.25) is 20.1 Å². The molecule has 0 bridgehead atoms. The van der Waals surface area contributed by atoms with Crippen LogP contribution in [0.5, 0.6) is 0 Å². The third-order valence-corrected chi connectivity index (χ3v) is 6.43. The first-order valence-electron chi connectivity index (χ1n) is 12.0. The zero-order valence-electron chi connectivity index (χ0n) is 20.1. The molecule has 0 saturated carbocycles. The van der Waals surface area contributed by atoms with Crippen molar-refractivity contribution in [3.05, 3.63) is 97.4 Å². The molecule has 1 atom stereocenters. The van der Waals surface area contributed by atoms with E-state index in [1.807, 2.05) is 24.3 Å². The van der Waals surface area contributed by atoms with E-state index in [1.54, 1.807) is 49.3 Å². The molecule has 6 aromatic heterocycles. The Hall–Kier alpha value is -5.42. The van der Waals surface area contributed by atoms with E-state index < -0.39 is 12.0 Å². The summed E-state index contributed by atoms with van der Waals surface area (Å²) in [6, 6.07) is 12.6. The number of hydrogen-bond acceptors (Lipinski definition) is 8. The number of rotatable bonds is 6. The highest BCUT2D eigenvalue weighted by atomic mass is 19.1. The van der Waals surface area contributed by atoms with Gasteiger partial charge in [0.15, 0.2) is 17.9 Å². The molecule has 0 aliphatic heterocycles. The van der Waals surface area contributed by atoms with Gasteiger partial charge < -0.3 is 19.8 Å². The number of hydrogen-bond donors (Lipinski definition) is 4. The second-order valence-corrected chi connectivity index (χ2v) is 8.88. The van der Waals surface area contributed by atoms with Crippen molar-refractivity contribution in [1.29, 1.82) is 0 Å². The summed E-state index contributed by atoms with van der Waals surface area (Å²) >= 11 is 0. The molecule has 10 nitrogen and oxygen atoms in total. The summed E-state index contributed by atoms with van der Waals surface area (Å²) in [4.78, 5) is 20.8. The van der Waals surface area contributed by atoms with Gasteiger partial charge in [0.1, 0.15) is 16.9 Å². The van der Waals surface area contributed by atoms with Crippen molar-refractivity contribution in [1.82, 2.24) is 35.1 Å². The average Bonchev–Trinajstić information content (AvgIpc) is 3.73. The fraction of sp³-hybridized carbons (Fsp3) is 0.0357. The van der Waals surface area contributed by atoms with Crippen LogP contribution in [0.1, 0.15) is 11.8 Å². The van der Waals surface area contributed by atoms with Crippen LogP contribution in [-0.4, -0.2) is 40.2 Å². The van der Waals surface area contributed by atoms with Gasteiger partial charge in [-0.25, -0.2) is 9.37 Å². The van der Waals surface area contributed by atoms with Crippen LogP contribution in [0.15, 0.2) is 90.4 Å². The van der Waals surface area contributed by atoms with Gasteiger partial charge in [-0.1, -0.05) is 30.3 Å². The minimum atomic E-state index is -0.960. The molecule has 0 aliphatic rings. The maximum absolute atomic E-state index is 16.1. The van der Waals surface area contributed by atoms with Crippen LogP contribution in [0, 0.1) is 5.82 Å². The molecule has 1 aromatic carbocycles. The molecule has 1 unspecified atom stereocenters. The number of aliphatic hydroxyl groups is 1. The van der Waals surface area contributed by atoms with Crippen LogP contribution in [0.25, 0.3) is 55.8 Å². The Bertz CT molecular complexity index is 1930. The molecule has 0 fully saturated rings. The van der Waals surface area contributed by atoms with Crippen LogP contribution >= 0.6 is 0 Å². The van der Waals surface area contributed by atoms with Gasteiger partial charge >= 0.3 is 0 Å². The first-order valence-corrected chi connectivity index (χ1v) is 12.0. The van der Waals surface area contributed by atoms with Gasteiger partial charge in [-0.15, -0.1) is 0 Å². The Balaban J connectivity index is 1.28. The molecule has 11 heteroatoms. The number of imidazole rings is 1. The first-order chi connectivity index (χ1) is 19.2. The maximum atomic E-state index is 16.1. The quantitative estimate of drug-likeness (QED) is 0.213. The SMILES string of the molecule is OC(Nc1cncc(-c2ncc3[nH]nc(-c4nc5c(-c6ccoc6)cncc5[nH]4)c3c2F)c1)c1ccccc1. The molecular formula is C28H19FN8O2. The molecule has 0 spiro atoms. The third-order valence-electron chi connectivity index (χ3n) is 6.43. The number of pyridine rings is 3. The van der Waals surface area contributed by atoms with Gasteiger partial charge in [-0.2, -0.15) is 5.10 Å². The highest BCUT2D eigenvalue weighted by Gasteiger charge is 2.22. The number of anilines is 1. The summed E-state index contributed by atoms with van der Waals surface area (Å²) < 4.78 is 21.3. The number of H-pyrrole nitrogens is 2. The molecule has 7 aromatic rings. The Morgan fingerprint density at radius 3 is 2.64 bits per heavy atom. The number of furan rings is 1. The number of fused-ring (bicyclic) bond motifs is 2. The molecule has 7 rings (SSSR count). The fourth-order valence-electron chi connectivity index (χ4n) is 4.55. The Morgan fingerprint density at radius 1 is 0.923 bits per heavy atom. The number of nitrogens with zero attached hydrogens (tertiary/aromatic N) is 5. The lowest BCUT2D eigenvalue weighted by molar-refractivity contribution is 0.208. The number of aromatic amines is 2. The molecule has 190 valence electrons. The molecule has 0 aliphatic carbocycles. The molecule has 39 heavy (non-hydrogen) atoms. The average molecular weight is 519 g/mol. The van der Waals surface area contributed by atoms with Crippen LogP contribution in [-0.2, 0) is 0 Å². The van der Waals surface area contributed by atoms with E-state index in [2.05, 4.69) is 35.5 Å². The van der Waals surface area contributed by atoms with Gasteiger partial charge in [0.25, 0.3) is 0 Å². The molecule has 0 radical (unpaired) electrons. The summed E-state index contributed by atoms with van der Waals surface area (Å²) in [5.41, 5.74) is 5.39. The topological polar surface area (TPSA) is 141 Å². The molecule has 6 heterocycles. The fourth-order valence-corrected chi connectivity index (χ4v) is 4.55. The zero-order valence-corrected chi connectivity index (χ0v) is 20.1. The molecular weight excluding hydrogens is 499 g/mol. The predicted octanol–water partition coefficient (Wildman–Crippen LogP) is 5.46. The monoisotopic (exact) mass is 518 g/mol. The Kier molecular flexibility index (Phi) is 5.34. The van der Waals surface area contributed by atoms with Crippen LogP contribution < -0.4 is 5.32 Å². The van der Waals surface area contributed by atoms with Crippen LogP contribution in [0.3, 0.4) is 0 Å². The summed E-state index contributed by atoms with van der Waals surface area (Å²) in [6.45, 7) is 0. The van der Waals surface area contributed by atoms with Gasteiger partial charge in [0, 0.05) is 34.6 Å². The summed E-state index contributed by atoms with van der Waals surface area (Å²) in [5, 5.41) is 21.0. The van der Waals surface area contributed by atoms with Crippen molar-refractivity contribution in [2.24, 2.45) is 0 Å². The number of nitrogens with one attached hydrogen (secondary N) is 3. The number of aliphatic hydroxyl groups excluding tert-OH is 1. The van der Waals surface area contributed by atoms with E-state index in [9.17, 15) is 5.11 Å². The second kappa shape index (κ2) is 9.15. The van der Waals surface area contributed by atoms with E-state index in [-0.39, 0.29) is 11.1 Å². The van der Waals surface area contributed by atoms with E-state index in [4.69, 9.17) is 9.40 Å². The van der Waals surface area contributed by atoms with Crippen LogP contribution in [0.4, 0.5) is 10.1 Å². The standard InChI is InChI=1S/C28H19FN8O2/c29-23-22-20(13-32-24(23)17-8-18(10-30-9-17)33-28(38)15-4-2-1-3-5-15)36-37-26(22)27-34-21-12-31-11-19(25(21)35-27)16-6-7-39-14-16/h1-14,28,33,38H,(H,34,35)(H,36,37). The molecule has 0 amide bonds. The van der Waals surface area contributed by atoms with Crippen molar-refractivity contribution in [2.45, 2.75) is 6.23 Å². The largest absolute Gasteiger partial charge is 0.472 e. The van der Waals surface area contributed by atoms with Gasteiger partial charge in [-0.05, 0) is 12.1 Å². The van der Waals surface area contributed by atoms with Crippen molar-refractivity contribution in [2.75, 3.05) is 5.32 Å². The van der Waals surface area contributed by atoms with E-state index in [0.717, 1.165) is 11.1 Å². The first kappa shape index (κ1) is 22.8. The van der Waals surface area contributed by atoms with Crippen molar-refractivity contribution in [3.8, 4) is 33.9 Å². The molecule has 0 saturated heterocycles. The minimum absolute atomic E-state index is 0.0902. The summed E-state index contributed by atoms with van der Waals surface area (Å²) in [5.74, 6) is -0.197. The highest BCUT2D eigenvalue weighted by molar-refractivity contribution is 5.97. The minimum Gasteiger partial charge on any atom is -0.472 e. The number of benzene rings is 1. The Labute approximate surface area is 219 Å². The third kappa shape index (κ3) is 3.97. The van der Waals surface area contributed by atoms with Gasteiger partial charge in [0.2, 0.25) is 0 Å². The number of aromatic nitrogens is 7. The second-order valence-electron chi connectivity index (χ2n) is 8.88. The smallest absolute Gasteiger partial charge is 0.161 e. The predicted molar refractivity (Wildman–Crippen MR) is 143 cm³/mol. The lowest BCUT2D eigenvalue weighted by Gasteiger charge is -2.15. The van der Waals surface area contributed by atoms with Crippen molar-refractivity contribution in [3.63, 3.8) is 0 Å². The normalized spacial score (nSPS) is 12.3. The zero-order chi connectivity index (χ0) is 26.3. The lowest BCUT2D eigenvalue weighted by Crippen LogP contribution is -2.09. The summed E-state index contributed by atoms with van der Waals surface area (Å²) in [6.07, 6.45) is 10.2. The van der Waals surface area contributed by atoms with E-state index in [0.29, 0.717) is 44.9 Å². The van der Waals surface area contributed by atoms with Gasteiger partial charge in [0.05, 0.1) is 53.2 Å². The molecule has 4 N–H and O–H groups in total. The highest BCUT2D eigenvalue weighted by Crippen LogP contribution is 2.34. The van der Waals surface area contributed by atoms with Crippen molar-refractivity contribution >= 4 is 27.6 Å². The summed E-state index contributed by atoms with van der Waals surface area (Å²) in [7, 11) is 0. The van der Waals surface area contributed by atoms with Crippen LogP contribution in [0.2, 0.25) is 0 Å². The Morgan fingerprint density at radius 2 is 1.79 bits per heavy atom. The van der Waals surface area contributed by atoms with E-state index in [1.165, 1.54) is 12.4 Å². The number of halogens is 1.